The first kappa shape index (κ1) is 6.68. The maximum absolute atomic E-state index is 12.0. The molecule has 0 saturated carbocycles. The Morgan fingerprint density at radius 2 is 1.55 bits per heavy atom. The molecule has 1 heterocycles. The minimum atomic E-state index is -4.93. The van der Waals surface area contributed by atoms with Gasteiger partial charge in [-0.15, -0.1) is 0 Å². The summed E-state index contributed by atoms with van der Waals surface area (Å²) < 4.78 is 71.6. The van der Waals surface area contributed by atoms with Gasteiger partial charge in [0.2, 0.25) is 0 Å². The predicted molar refractivity (Wildman–Crippen MR) is 21.3 cm³/mol. The average molecular weight is 177 g/mol. The Kier molecular flexibility index (Phi) is 1.21. The normalized spacial score (nSPS) is 27.0. The lowest BCUT2D eigenvalue weighted by molar-refractivity contribution is -0.344. The lowest BCUT2D eigenvalue weighted by atomic mass is 10.6. The molecule has 0 unspecified atom stereocenters. The van der Waals surface area contributed by atoms with Crippen LogP contribution in [0.2, 0.25) is 0 Å². The summed E-state index contributed by atoms with van der Waals surface area (Å²) in [6.45, 7) is 0. The van der Waals surface area contributed by atoms with Crippen molar-refractivity contribution in [3.63, 3.8) is 0 Å². The van der Waals surface area contributed by atoms with Crippen LogP contribution in [0, 0.1) is 0 Å². The van der Waals surface area contributed by atoms with E-state index in [0.717, 1.165) is 0 Å². The van der Waals surface area contributed by atoms with Crippen molar-refractivity contribution in [1.29, 1.82) is 0 Å². The second kappa shape index (κ2) is 1.99. The molecule has 1 aliphatic heterocycles. The number of ether oxygens (including phenoxy) is 2. The zero-order chi connectivity index (χ0) is 9.57. The van der Waals surface area contributed by atoms with E-state index in [-0.39, 0.29) is 0 Å². The van der Waals surface area contributed by atoms with Crippen LogP contribution < -0.4 is 0 Å². The predicted octanol–water partition coefficient (Wildman–Crippen LogP) is 1.99. The summed E-state index contributed by atoms with van der Waals surface area (Å²) in [5.74, 6) is -1.81. The molecule has 0 radical (unpaired) electrons. The summed E-state index contributed by atoms with van der Waals surface area (Å²) in [7, 11) is 0. The van der Waals surface area contributed by atoms with E-state index in [9.17, 15) is 22.0 Å². The van der Waals surface area contributed by atoms with Crippen molar-refractivity contribution in [2.24, 2.45) is 0 Å². The van der Waals surface area contributed by atoms with Gasteiger partial charge >= 0.3 is 18.2 Å². The molecule has 1 saturated heterocycles. The maximum atomic E-state index is 12.0. The van der Waals surface area contributed by atoms with E-state index in [2.05, 4.69) is 9.47 Å². The molecule has 0 aromatic carbocycles. The van der Waals surface area contributed by atoms with Gasteiger partial charge in [0.05, 0.1) is 0 Å². The van der Waals surface area contributed by atoms with Crippen LogP contribution in [-0.4, -0.2) is 12.2 Å². The van der Waals surface area contributed by atoms with Crippen molar-refractivity contribution in [1.82, 2.24) is 0 Å². The van der Waals surface area contributed by atoms with E-state index in [4.69, 9.17) is 1.37 Å². The highest BCUT2D eigenvalue weighted by Gasteiger charge is 2.69. The number of halogens is 5. The van der Waals surface area contributed by atoms with E-state index in [0.29, 0.717) is 0 Å². The van der Waals surface area contributed by atoms with Crippen molar-refractivity contribution in [3.05, 3.63) is 12.3 Å². The number of hydrogen-bond donors (Lipinski definition) is 0. The van der Waals surface area contributed by atoms with Gasteiger partial charge in [0, 0.05) is 0 Å². The first-order valence-electron chi connectivity index (χ1n) is 2.76. The Morgan fingerprint density at radius 3 is 1.73 bits per heavy atom. The highest BCUT2D eigenvalue weighted by atomic mass is 19.3. The summed E-state index contributed by atoms with van der Waals surface area (Å²) in [6.07, 6.45) is -12.0. The lowest BCUT2D eigenvalue weighted by Gasteiger charge is -2.10. The molecule has 0 bridgehead atoms. The van der Waals surface area contributed by atoms with Crippen molar-refractivity contribution in [2.45, 2.75) is 12.2 Å². The topological polar surface area (TPSA) is 18.5 Å². The van der Waals surface area contributed by atoms with Crippen LogP contribution >= 0.6 is 0 Å². The first-order valence-corrected chi connectivity index (χ1v) is 2.26. The molecular weight excluding hydrogens is 175 g/mol. The van der Waals surface area contributed by atoms with E-state index in [1.807, 2.05) is 0 Å². The van der Waals surface area contributed by atoms with Gasteiger partial charge < -0.3 is 9.47 Å². The maximum Gasteiger partial charge on any atom is 0.509 e. The smallest absolute Gasteiger partial charge is 0.391 e. The zero-order valence-corrected chi connectivity index (χ0v) is 4.71. The van der Waals surface area contributed by atoms with Crippen LogP contribution in [0.5, 0.6) is 0 Å². The van der Waals surface area contributed by atoms with E-state index >= 15 is 0 Å². The molecule has 0 aromatic heterocycles. The van der Waals surface area contributed by atoms with Gasteiger partial charge in [-0.25, -0.2) is 4.39 Å². The molecule has 11 heavy (non-hydrogen) atoms. The van der Waals surface area contributed by atoms with Crippen LogP contribution in [0.25, 0.3) is 0 Å². The van der Waals surface area contributed by atoms with E-state index in [1.54, 1.807) is 0 Å². The number of alkyl halides is 4. The Bertz CT molecular complexity index is 216. The summed E-state index contributed by atoms with van der Waals surface area (Å²) >= 11 is 0. The van der Waals surface area contributed by atoms with Crippen molar-refractivity contribution in [3.8, 4) is 0 Å². The fraction of sp³-hybridized carbons (Fsp3) is 0.500. The fourth-order valence-corrected chi connectivity index (χ4v) is 0.411. The van der Waals surface area contributed by atoms with Gasteiger partial charge in [0.25, 0.3) is 0 Å². The Labute approximate surface area is 58.6 Å². The van der Waals surface area contributed by atoms with Gasteiger partial charge in [0.15, 0.2) is 6.31 Å². The summed E-state index contributed by atoms with van der Waals surface area (Å²) in [4.78, 5) is 0. The monoisotopic (exact) mass is 177 g/mol. The van der Waals surface area contributed by atoms with Crippen molar-refractivity contribution >= 4 is 0 Å². The third-order valence-electron chi connectivity index (χ3n) is 0.858. The summed E-state index contributed by atoms with van der Waals surface area (Å²) in [5, 5.41) is 0. The molecule has 0 amide bonds. The second-order valence-corrected chi connectivity index (χ2v) is 1.62. The standard InChI is InChI=1S/C4HF5O2/c5-1-2-10-3(6,7)4(8,9)11-2/h1H/i1D. The minimum Gasteiger partial charge on any atom is -0.391 e. The lowest BCUT2D eigenvalue weighted by Crippen LogP contribution is -2.36. The van der Waals surface area contributed by atoms with Crippen LogP contribution in [-0.2, 0) is 9.47 Å². The zero-order valence-electron chi connectivity index (χ0n) is 5.71. The summed E-state index contributed by atoms with van der Waals surface area (Å²) in [6, 6.07) is 0. The Balaban J connectivity index is 2.97. The SMILES string of the molecule is [2H]C(F)=C1OC(F)(F)C(F)(F)O1. The molecule has 1 fully saturated rings. The number of hydrogen-bond acceptors (Lipinski definition) is 2. The fourth-order valence-electron chi connectivity index (χ4n) is 0.411. The molecule has 1 aliphatic rings. The van der Waals surface area contributed by atoms with Gasteiger partial charge in [-0.3, -0.25) is 0 Å². The van der Waals surface area contributed by atoms with E-state index < -0.39 is 24.5 Å². The van der Waals surface area contributed by atoms with Crippen LogP contribution in [0.1, 0.15) is 1.37 Å². The van der Waals surface area contributed by atoms with Crippen LogP contribution in [0.15, 0.2) is 12.3 Å². The van der Waals surface area contributed by atoms with Crippen molar-refractivity contribution in [2.75, 3.05) is 0 Å². The second-order valence-electron chi connectivity index (χ2n) is 1.62. The third-order valence-corrected chi connectivity index (χ3v) is 0.858. The molecular formula is C4HF5O2. The van der Waals surface area contributed by atoms with Crippen LogP contribution in [0.3, 0.4) is 0 Å². The molecule has 0 aromatic rings. The molecule has 7 heteroatoms. The highest BCUT2D eigenvalue weighted by Crippen LogP contribution is 2.45. The first-order chi connectivity index (χ1) is 5.26. The molecule has 1 rings (SSSR count). The van der Waals surface area contributed by atoms with Gasteiger partial charge in [-0.05, 0) is 0 Å². The van der Waals surface area contributed by atoms with E-state index in [1.165, 1.54) is 0 Å². The van der Waals surface area contributed by atoms with Crippen molar-refractivity contribution < 1.29 is 32.8 Å². The molecule has 64 valence electrons. The molecule has 0 aliphatic carbocycles. The molecule has 2 nitrogen and oxygen atoms in total. The molecule has 0 N–H and O–H groups in total. The Morgan fingerprint density at radius 1 is 1.18 bits per heavy atom. The van der Waals surface area contributed by atoms with Gasteiger partial charge in [-0.2, -0.15) is 17.6 Å². The van der Waals surface area contributed by atoms with Gasteiger partial charge in [-0.1, -0.05) is 0 Å². The highest BCUT2D eigenvalue weighted by molar-refractivity contribution is 4.89. The largest absolute Gasteiger partial charge is 0.509 e. The van der Waals surface area contributed by atoms with Gasteiger partial charge in [0.1, 0.15) is 1.37 Å². The molecule has 0 spiro atoms. The van der Waals surface area contributed by atoms with Crippen LogP contribution in [0.4, 0.5) is 22.0 Å². The quantitative estimate of drug-likeness (QED) is 0.526. The molecule has 0 atom stereocenters. The Hall–Kier alpha value is -1.01. The minimum absolute atomic E-state index is 1.81. The number of rotatable bonds is 0. The third kappa shape index (κ3) is 1.10. The summed E-state index contributed by atoms with van der Waals surface area (Å²) in [5.41, 5.74) is 0. The average Bonchev–Trinajstić information content (AvgIpc) is 2.03.